The zero-order valence-corrected chi connectivity index (χ0v) is 9.26. The molecule has 0 spiro atoms. The van der Waals surface area contributed by atoms with Gasteiger partial charge in [-0.05, 0) is 34.0 Å². The molecule has 0 fully saturated rings. The van der Waals surface area contributed by atoms with Crippen LogP contribution in [-0.4, -0.2) is 0 Å². The molecule has 0 atom stereocenters. The second kappa shape index (κ2) is 2.25. The molecule has 66 valence electrons. The Morgan fingerprint density at radius 3 is 1.85 bits per heavy atom. The molecule has 0 aromatic carbocycles. The van der Waals surface area contributed by atoms with E-state index in [0.717, 1.165) is 0 Å². The molecule has 0 nitrogen and oxygen atoms in total. The summed E-state index contributed by atoms with van der Waals surface area (Å²) in [5, 5.41) is 4.40. The van der Waals surface area contributed by atoms with Gasteiger partial charge in [-0.1, -0.05) is 13.8 Å². The van der Waals surface area contributed by atoms with Crippen molar-refractivity contribution in [1.29, 1.82) is 0 Å². The molecule has 0 amide bonds. The first-order chi connectivity index (χ1) is 6.21. The Morgan fingerprint density at radius 2 is 1.38 bits per heavy atom. The Labute approximate surface area is 85.9 Å². The van der Waals surface area contributed by atoms with E-state index in [1.54, 1.807) is 0 Å². The minimum atomic E-state index is 0.257. The van der Waals surface area contributed by atoms with E-state index in [-0.39, 0.29) is 5.41 Å². The van der Waals surface area contributed by atoms with E-state index in [9.17, 15) is 0 Å². The van der Waals surface area contributed by atoms with Crippen molar-refractivity contribution in [3.63, 3.8) is 0 Å². The Bertz CT molecular complexity index is 418. The fourth-order valence-electron chi connectivity index (χ4n) is 2.11. The number of thiophene rings is 2. The highest BCUT2D eigenvalue weighted by Gasteiger charge is 2.37. The molecule has 0 unspecified atom stereocenters. The van der Waals surface area contributed by atoms with Gasteiger partial charge >= 0.3 is 0 Å². The van der Waals surface area contributed by atoms with Gasteiger partial charge in [0, 0.05) is 15.2 Å². The fraction of sp³-hybridized carbons (Fsp3) is 0.273. The molecule has 13 heavy (non-hydrogen) atoms. The molecule has 1 aliphatic rings. The van der Waals surface area contributed by atoms with Crippen LogP contribution in [0.1, 0.15) is 23.6 Å². The van der Waals surface area contributed by atoms with Crippen molar-refractivity contribution in [2.45, 2.75) is 19.3 Å². The van der Waals surface area contributed by atoms with Gasteiger partial charge in [0.15, 0.2) is 0 Å². The first-order valence-corrected chi connectivity index (χ1v) is 6.13. The highest BCUT2D eigenvalue weighted by Crippen LogP contribution is 2.53. The predicted octanol–water partition coefficient (Wildman–Crippen LogP) is 4.12. The lowest BCUT2D eigenvalue weighted by Gasteiger charge is -2.17. The smallest absolute Gasteiger partial charge is 0.0346 e. The number of fused-ring (bicyclic) bond motifs is 3. The highest BCUT2D eigenvalue weighted by atomic mass is 32.1. The molecular formula is C11H10S2. The molecule has 2 heteroatoms. The Morgan fingerprint density at radius 1 is 0.923 bits per heavy atom. The van der Waals surface area contributed by atoms with E-state index in [1.165, 1.54) is 20.9 Å². The lowest BCUT2D eigenvalue weighted by Crippen LogP contribution is -2.11. The molecule has 0 aliphatic heterocycles. The van der Waals surface area contributed by atoms with E-state index in [2.05, 4.69) is 36.7 Å². The molecule has 0 radical (unpaired) electrons. The Kier molecular flexibility index (Phi) is 1.35. The van der Waals surface area contributed by atoms with Gasteiger partial charge in [-0.3, -0.25) is 0 Å². The Hall–Kier alpha value is -0.600. The van der Waals surface area contributed by atoms with Crippen LogP contribution < -0.4 is 0 Å². The van der Waals surface area contributed by atoms with Crippen LogP contribution in [0.4, 0.5) is 0 Å². The van der Waals surface area contributed by atoms with Crippen LogP contribution in [0.3, 0.4) is 0 Å². The van der Waals surface area contributed by atoms with Crippen molar-refractivity contribution in [3.8, 4) is 11.1 Å². The van der Waals surface area contributed by atoms with Gasteiger partial charge < -0.3 is 0 Å². The van der Waals surface area contributed by atoms with E-state index >= 15 is 0 Å². The summed E-state index contributed by atoms with van der Waals surface area (Å²) < 4.78 is 0. The van der Waals surface area contributed by atoms with Crippen molar-refractivity contribution in [2.75, 3.05) is 0 Å². The van der Waals surface area contributed by atoms with Gasteiger partial charge in [0.05, 0.1) is 0 Å². The predicted molar refractivity (Wildman–Crippen MR) is 59.8 cm³/mol. The maximum Gasteiger partial charge on any atom is 0.0346 e. The minimum absolute atomic E-state index is 0.257. The number of hydrogen-bond donors (Lipinski definition) is 0. The number of rotatable bonds is 0. The molecule has 1 aliphatic carbocycles. The lowest BCUT2D eigenvalue weighted by molar-refractivity contribution is 0.689. The summed E-state index contributed by atoms with van der Waals surface area (Å²) >= 11 is 3.77. The van der Waals surface area contributed by atoms with E-state index in [0.29, 0.717) is 0 Å². The molecule has 0 saturated heterocycles. The standard InChI is InChI=1S/C11H10S2/c1-11(2)9-7(3-5-12-9)8-4-6-13-10(8)11/h3-6H,1-2H3. The molecular weight excluding hydrogens is 196 g/mol. The van der Waals surface area contributed by atoms with Gasteiger partial charge in [-0.25, -0.2) is 0 Å². The summed E-state index contributed by atoms with van der Waals surface area (Å²) in [4.78, 5) is 3.07. The van der Waals surface area contributed by atoms with Crippen LogP contribution >= 0.6 is 22.7 Å². The number of hydrogen-bond acceptors (Lipinski definition) is 2. The third-order valence-corrected chi connectivity index (χ3v) is 5.23. The van der Waals surface area contributed by atoms with Crippen LogP contribution in [0, 0.1) is 0 Å². The van der Waals surface area contributed by atoms with Gasteiger partial charge in [-0.15, -0.1) is 22.7 Å². The Balaban J connectivity index is 2.44. The van der Waals surface area contributed by atoms with Crippen LogP contribution in [0.25, 0.3) is 11.1 Å². The maximum absolute atomic E-state index is 2.32. The second-order valence-corrected chi connectivity index (χ2v) is 5.78. The molecule has 2 aromatic heterocycles. The van der Waals surface area contributed by atoms with Crippen LogP contribution in [0.15, 0.2) is 22.9 Å². The van der Waals surface area contributed by atoms with Crippen molar-refractivity contribution >= 4 is 22.7 Å². The van der Waals surface area contributed by atoms with Crippen LogP contribution in [-0.2, 0) is 5.41 Å². The van der Waals surface area contributed by atoms with E-state index < -0.39 is 0 Å². The summed E-state index contributed by atoms with van der Waals surface area (Å²) in [6.45, 7) is 4.65. The van der Waals surface area contributed by atoms with Crippen molar-refractivity contribution in [2.24, 2.45) is 0 Å². The van der Waals surface area contributed by atoms with Gasteiger partial charge in [0.2, 0.25) is 0 Å². The third-order valence-electron chi connectivity index (χ3n) is 2.76. The van der Waals surface area contributed by atoms with Crippen molar-refractivity contribution in [1.82, 2.24) is 0 Å². The summed E-state index contributed by atoms with van der Waals surface area (Å²) in [7, 11) is 0. The van der Waals surface area contributed by atoms with Crippen molar-refractivity contribution in [3.05, 3.63) is 32.6 Å². The van der Waals surface area contributed by atoms with Gasteiger partial charge in [0.25, 0.3) is 0 Å². The molecule has 2 aromatic rings. The SMILES string of the molecule is CC1(C)c2sccc2-c2ccsc21. The maximum atomic E-state index is 2.32. The lowest BCUT2D eigenvalue weighted by atomic mass is 9.94. The van der Waals surface area contributed by atoms with Crippen molar-refractivity contribution < 1.29 is 0 Å². The van der Waals surface area contributed by atoms with E-state index in [4.69, 9.17) is 0 Å². The summed E-state index contributed by atoms with van der Waals surface area (Å²) in [6, 6.07) is 4.50. The fourth-order valence-corrected chi connectivity index (χ4v) is 4.26. The van der Waals surface area contributed by atoms with Crippen LogP contribution in [0.5, 0.6) is 0 Å². The normalized spacial score (nSPS) is 17.1. The first-order valence-electron chi connectivity index (χ1n) is 4.37. The van der Waals surface area contributed by atoms with Gasteiger partial charge in [-0.2, -0.15) is 0 Å². The molecule has 0 N–H and O–H groups in total. The second-order valence-electron chi connectivity index (χ2n) is 3.95. The molecule has 0 saturated carbocycles. The van der Waals surface area contributed by atoms with E-state index in [1.807, 2.05) is 22.7 Å². The largest absolute Gasteiger partial charge is 0.147 e. The molecule has 0 bridgehead atoms. The third kappa shape index (κ3) is 0.804. The monoisotopic (exact) mass is 206 g/mol. The average molecular weight is 206 g/mol. The zero-order valence-electron chi connectivity index (χ0n) is 7.63. The highest BCUT2D eigenvalue weighted by molar-refractivity contribution is 7.13. The quantitative estimate of drug-likeness (QED) is 0.608. The summed E-state index contributed by atoms with van der Waals surface area (Å²) in [5.74, 6) is 0. The topological polar surface area (TPSA) is 0 Å². The van der Waals surface area contributed by atoms with Gasteiger partial charge in [0.1, 0.15) is 0 Å². The van der Waals surface area contributed by atoms with Crippen LogP contribution in [0.2, 0.25) is 0 Å². The molecule has 2 heterocycles. The molecule has 3 rings (SSSR count). The first kappa shape index (κ1) is 7.77. The minimum Gasteiger partial charge on any atom is -0.147 e. The average Bonchev–Trinajstić information content (AvgIpc) is 2.74. The summed E-state index contributed by atoms with van der Waals surface area (Å²) in [6.07, 6.45) is 0. The summed E-state index contributed by atoms with van der Waals surface area (Å²) in [5.41, 5.74) is 3.19. The zero-order chi connectivity index (χ0) is 9.05.